The molecule has 9 aromatic rings. The van der Waals surface area contributed by atoms with E-state index in [9.17, 15) is 0 Å². The van der Waals surface area contributed by atoms with Gasteiger partial charge in [-0.3, -0.25) is 0 Å². The number of benzene rings is 8. The standard InChI is InChI=1S/C47H31NS/c1-3-13-33(14-4-1)47(34-15-5-2-6-16-34)43-21-10-9-18-39(43)40-29-27-36(30-44(40)47)48-35-25-22-32(23-26-35)38-19-11-20-41-42-28-24-31-12-7-8-17-37(31)46(42)49-45(38)41/h1-30,48H. The van der Waals surface area contributed by atoms with Gasteiger partial charge in [-0.2, -0.15) is 0 Å². The molecule has 8 aromatic carbocycles. The lowest BCUT2D eigenvalue weighted by Crippen LogP contribution is -2.28. The zero-order valence-corrected chi connectivity index (χ0v) is 27.5. The van der Waals surface area contributed by atoms with Crippen molar-refractivity contribution in [2.45, 2.75) is 5.41 Å². The van der Waals surface area contributed by atoms with Crippen LogP contribution >= 0.6 is 11.3 Å². The lowest BCUT2D eigenvalue weighted by atomic mass is 9.67. The monoisotopic (exact) mass is 641 g/mol. The molecule has 0 radical (unpaired) electrons. The van der Waals surface area contributed by atoms with E-state index in [2.05, 4.69) is 187 Å². The third kappa shape index (κ3) is 4.24. The fourth-order valence-corrected chi connectivity index (χ4v) is 9.55. The fourth-order valence-electron chi connectivity index (χ4n) is 8.18. The van der Waals surface area contributed by atoms with Crippen molar-refractivity contribution < 1.29 is 0 Å². The maximum Gasteiger partial charge on any atom is 0.0714 e. The van der Waals surface area contributed by atoms with E-state index in [1.807, 2.05) is 11.3 Å². The molecule has 0 saturated carbocycles. The molecule has 2 heteroatoms. The van der Waals surface area contributed by atoms with Crippen LogP contribution in [0.2, 0.25) is 0 Å². The molecule has 0 unspecified atom stereocenters. The Balaban J connectivity index is 1.05. The highest BCUT2D eigenvalue weighted by atomic mass is 32.1. The van der Waals surface area contributed by atoms with Crippen molar-refractivity contribution in [3.63, 3.8) is 0 Å². The van der Waals surface area contributed by atoms with E-state index in [4.69, 9.17) is 0 Å². The van der Waals surface area contributed by atoms with Crippen molar-refractivity contribution in [2.24, 2.45) is 0 Å². The Morgan fingerprint density at radius 3 is 1.80 bits per heavy atom. The topological polar surface area (TPSA) is 12.0 Å². The van der Waals surface area contributed by atoms with Gasteiger partial charge in [0.05, 0.1) is 5.41 Å². The first-order valence-electron chi connectivity index (χ1n) is 16.8. The predicted molar refractivity (Wildman–Crippen MR) is 209 cm³/mol. The summed E-state index contributed by atoms with van der Waals surface area (Å²) in [5, 5.41) is 9.04. The van der Waals surface area contributed by atoms with Crippen molar-refractivity contribution in [1.82, 2.24) is 0 Å². The molecule has 1 heterocycles. The smallest absolute Gasteiger partial charge is 0.0714 e. The Morgan fingerprint density at radius 2 is 1.00 bits per heavy atom. The van der Waals surface area contributed by atoms with Gasteiger partial charge in [-0.25, -0.2) is 0 Å². The van der Waals surface area contributed by atoms with Crippen LogP contribution in [-0.2, 0) is 5.41 Å². The molecule has 1 nitrogen and oxygen atoms in total. The van der Waals surface area contributed by atoms with Gasteiger partial charge >= 0.3 is 0 Å². The molecule has 1 aromatic heterocycles. The minimum absolute atomic E-state index is 0.412. The van der Waals surface area contributed by atoms with Crippen molar-refractivity contribution in [3.05, 3.63) is 204 Å². The summed E-state index contributed by atoms with van der Waals surface area (Å²) in [6.45, 7) is 0. The van der Waals surface area contributed by atoms with Gasteiger partial charge in [-0.05, 0) is 79.5 Å². The van der Waals surface area contributed by atoms with Gasteiger partial charge in [-0.1, -0.05) is 158 Å². The number of anilines is 2. The first-order chi connectivity index (χ1) is 24.3. The van der Waals surface area contributed by atoms with Gasteiger partial charge in [-0.15, -0.1) is 11.3 Å². The third-order valence-electron chi connectivity index (χ3n) is 10.3. The maximum atomic E-state index is 3.76. The summed E-state index contributed by atoms with van der Waals surface area (Å²) in [6.07, 6.45) is 0. The number of fused-ring (bicyclic) bond motifs is 8. The number of thiophene rings is 1. The summed E-state index contributed by atoms with van der Waals surface area (Å²) in [4.78, 5) is 0. The van der Waals surface area contributed by atoms with Gasteiger partial charge in [0.25, 0.3) is 0 Å². The van der Waals surface area contributed by atoms with E-state index in [0.29, 0.717) is 0 Å². The van der Waals surface area contributed by atoms with Gasteiger partial charge in [0, 0.05) is 31.5 Å². The molecule has 1 aliphatic carbocycles. The Morgan fingerprint density at radius 1 is 0.388 bits per heavy atom. The van der Waals surface area contributed by atoms with E-state index in [1.165, 1.54) is 75.5 Å². The zero-order chi connectivity index (χ0) is 32.4. The molecular weight excluding hydrogens is 611 g/mol. The van der Waals surface area contributed by atoms with Crippen LogP contribution in [0.25, 0.3) is 53.2 Å². The highest BCUT2D eigenvalue weighted by Crippen LogP contribution is 2.56. The van der Waals surface area contributed by atoms with E-state index >= 15 is 0 Å². The summed E-state index contributed by atoms with van der Waals surface area (Å²) in [5.41, 5.74) is 12.0. The molecule has 0 saturated heterocycles. The quantitative estimate of drug-likeness (QED) is 0.197. The van der Waals surface area contributed by atoms with E-state index in [1.54, 1.807) is 0 Å². The third-order valence-corrected chi connectivity index (χ3v) is 11.6. The largest absolute Gasteiger partial charge is 0.356 e. The van der Waals surface area contributed by atoms with Crippen molar-refractivity contribution in [1.29, 1.82) is 0 Å². The van der Waals surface area contributed by atoms with Gasteiger partial charge < -0.3 is 5.32 Å². The highest BCUT2D eigenvalue weighted by Gasteiger charge is 2.46. The van der Waals surface area contributed by atoms with Crippen LogP contribution < -0.4 is 5.32 Å². The van der Waals surface area contributed by atoms with E-state index in [-0.39, 0.29) is 0 Å². The highest BCUT2D eigenvalue weighted by molar-refractivity contribution is 7.27. The minimum atomic E-state index is -0.412. The lowest BCUT2D eigenvalue weighted by molar-refractivity contribution is 0.769. The molecule has 0 bridgehead atoms. The SMILES string of the molecule is c1ccc(C2(c3ccccc3)c3ccccc3-c3ccc(Nc4ccc(-c5cccc6c5sc5c7ccccc7ccc65)cc4)cc32)cc1. The molecule has 49 heavy (non-hydrogen) atoms. The van der Waals surface area contributed by atoms with Crippen molar-refractivity contribution in [2.75, 3.05) is 5.32 Å². The molecule has 1 aliphatic rings. The molecule has 0 fully saturated rings. The molecule has 0 atom stereocenters. The van der Waals surface area contributed by atoms with Crippen LogP contribution in [0.15, 0.2) is 182 Å². The number of rotatable bonds is 5. The van der Waals surface area contributed by atoms with Crippen molar-refractivity contribution >= 4 is 53.7 Å². The summed E-state index contributed by atoms with van der Waals surface area (Å²) in [6, 6.07) is 66.6. The normalized spacial score (nSPS) is 13.1. The van der Waals surface area contributed by atoms with Gasteiger partial charge in [0.1, 0.15) is 0 Å². The Hall–Kier alpha value is -5.96. The predicted octanol–water partition coefficient (Wildman–Crippen LogP) is 13.0. The summed E-state index contributed by atoms with van der Waals surface area (Å²) in [5.74, 6) is 0. The fraction of sp³-hybridized carbons (Fsp3) is 0.0213. The van der Waals surface area contributed by atoms with Gasteiger partial charge in [0.15, 0.2) is 0 Å². The summed E-state index contributed by atoms with van der Waals surface area (Å²) < 4.78 is 2.70. The molecule has 0 spiro atoms. The molecule has 230 valence electrons. The summed E-state index contributed by atoms with van der Waals surface area (Å²) in [7, 11) is 0. The van der Waals surface area contributed by atoms with E-state index in [0.717, 1.165) is 11.4 Å². The second-order valence-electron chi connectivity index (χ2n) is 12.9. The first kappa shape index (κ1) is 28.1. The Kier molecular flexibility index (Phi) is 6.34. The minimum Gasteiger partial charge on any atom is -0.356 e. The molecule has 0 aliphatic heterocycles. The average molecular weight is 642 g/mol. The molecule has 0 amide bonds. The van der Waals surface area contributed by atoms with Crippen LogP contribution in [0.1, 0.15) is 22.3 Å². The average Bonchev–Trinajstić information content (AvgIpc) is 3.70. The second-order valence-corrected chi connectivity index (χ2v) is 14.0. The lowest BCUT2D eigenvalue weighted by Gasteiger charge is -2.34. The van der Waals surface area contributed by atoms with Crippen LogP contribution in [0, 0.1) is 0 Å². The van der Waals surface area contributed by atoms with Crippen LogP contribution in [0.3, 0.4) is 0 Å². The van der Waals surface area contributed by atoms with Gasteiger partial charge in [0.2, 0.25) is 0 Å². The number of hydrogen-bond acceptors (Lipinski definition) is 2. The van der Waals surface area contributed by atoms with Crippen LogP contribution in [0.4, 0.5) is 11.4 Å². The molecule has 10 rings (SSSR count). The van der Waals surface area contributed by atoms with Crippen molar-refractivity contribution in [3.8, 4) is 22.3 Å². The summed E-state index contributed by atoms with van der Waals surface area (Å²) >= 11 is 1.91. The number of nitrogens with one attached hydrogen (secondary N) is 1. The van der Waals surface area contributed by atoms with E-state index < -0.39 is 5.41 Å². The maximum absolute atomic E-state index is 3.76. The first-order valence-corrected chi connectivity index (χ1v) is 17.7. The Bertz CT molecular complexity index is 2630. The second kappa shape index (κ2) is 11.1. The van der Waals surface area contributed by atoms with Crippen LogP contribution in [-0.4, -0.2) is 0 Å². The Labute approximate surface area is 289 Å². The zero-order valence-electron chi connectivity index (χ0n) is 26.7. The van der Waals surface area contributed by atoms with Crippen LogP contribution in [0.5, 0.6) is 0 Å². The molecular formula is C47H31NS. The number of hydrogen-bond donors (Lipinski definition) is 1. The molecule has 1 N–H and O–H groups in total.